The fourth-order valence-corrected chi connectivity index (χ4v) is 2.79. The molecule has 1 aliphatic heterocycles. The van der Waals surface area contributed by atoms with Gasteiger partial charge < -0.3 is 9.73 Å². The second kappa shape index (κ2) is 7.08. The Morgan fingerprint density at radius 1 is 1.35 bits per heavy atom. The Hall–Kier alpha value is -0.460. The number of alkyl halides is 1. The summed E-state index contributed by atoms with van der Waals surface area (Å²) >= 11 is 7.62. The first-order valence-electron chi connectivity index (χ1n) is 5.81. The number of aromatic nitrogens is 2. The SMILES string of the molecule is ClCCc1nnc(NCCN2CCSCC2)o1. The highest BCUT2D eigenvalue weighted by atomic mass is 35.5. The van der Waals surface area contributed by atoms with E-state index >= 15 is 0 Å². The largest absolute Gasteiger partial charge is 0.408 e. The molecule has 0 bridgehead atoms. The van der Waals surface area contributed by atoms with Crippen molar-refractivity contribution in [3.05, 3.63) is 5.89 Å². The molecule has 0 spiro atoms. The maximum absolute atomic E-state index is 5.59. The van der Waals surface area contributed by atoms with Gasteiger partial charge in [0.15, 0.2) is 0 Å². The van der Waals surface area contributed by atoms with E-state index in [0.29, 0.717) is 24.2 Å². The molecule has 1 saturated heterocycles. The molecule has 5 nitrogen and oxygen atoms in total. The number of aryl methyl sites for hydroxylation is 1. The number of thioether (sulfide) groups is 1. The average molecular weight is 277 g/mol. The first-order chi connectivity index (χ1) is 8.38. The van der Waals surface area contributed by atoms with Crippen LogP contribution in [0.4, 0.5) is 6.01 Å². The molecule has 0 aromatic carbocycles. The third-order valence-corrected chi connectivity index (χ3v) is 3.71. The maximum Gasteiger partial charge on any atom is 0.315 e. The summed E-state index contributed by atoms with van der Waals surface area (Å²) in [7, 11) is 0. The molecule has 17 heavy (non-hydrogen) atoms. The van der Waals surface area contributed by atoms with E-state index in [1.807, 2.05) is 11.8 Å². The van der Waals surface area contributed by atoms with Crippen molar-refractivity contribution in [3.8, 4) is 0 Å². The molecule has 0 saturated carbocycles. The number of hydrogen-bond donors (Lipinski definition) is 1. The average Bonchev–Trinajstić information content (AvgIpc) is 2.79. The Morgan fingerprint density at radius 3 is 2.94 bits per heavy atom. The van der Waals surface area contributed by atoms with E-state index in [0.717, 1.165) is 13.1 Å². The van der Waals surface area contributed by atoms with E-state index in [1.165, 1.54) is 24.6 Å². The van der Waals surface area contributed by atoms with Gasteiger partial charge in [-0.05, 0) is 0 Å². The highest BCUT2D eigenvalue weighted by Gasteiger charge is 2.10. The molecule has 0 unspecified atom stereocenters. The van der Waals surface area contributed by atoms with Crippen molar-refractivity contribution < 1.29 is 4.42 Å². The van der Waals surface area contributed by atoms with Gasteiger partial charge in [0.1, 0.15) is 0 Å². The van der Waals surface area contributed by atoms with Crippen molar-refractivity contribution in [1.82, 2.24) is 15.1 Å². The van der Waals surface area contributed by atoms with Gasteiger partial charge in [0.2, 0.25) is 5.89 Å². The van der Waals surface area contributed by atoms with Crippen LogP contribution in [0.3, 0.4) is 0 Å². The Bertz CT molecular complexity index is 330. The highest BCUT2D eigenvalue weighted by molar-refractivity contribution is 7.99. The molecule has 2 heterocycles. The lowest BCUT2D eigenvalue weighted by atomic mass is 10.4. The Balaban J connectivity index is 1.66. The van der Waals surface area contributed by atoms with Gasteiger partial charge in [0, 0.05) is 50.0 Å². The van der Waals surface area contributed by atoms with Crippen LogP contribution in [0.1, 0.15) is 5.89 Å². The van der Waals surface area contributed by atoms with Crippen LogP contribution in [0.5, 0.6) is 0 Å². The van der Waals surface area contributed by atoms with Crippen LogP contribution in [-0.4, -0.2) is 58.7 Å². The summed E-state index contributed by atoms with van der Waals surface area (Å²) in [6, 6.07) is 0.497. The first-order valence-corrected chi connectivity index (χ1v) is 7.50. The van der Waals surface area contributed by atoms with Crippen LogP contribution in [0.15, 0.2) is 4.42 Å². The maximum atomic E-state index is 5.59. The van der Waals surface area contributed by atoms with E-state index < -0.39 is 0 Å². The number of nitrogens with zero attached hydrogens (tertiary/aromatic N) is 3. The van der Waals surface area contributed by atoms with Crippen LogP contribution in [-0.2, 0) is 6.42 Å². The predicted octanol–water partition coefficient (Wildman–Crippen LogP) is 1.31. The minimum atomic E-state index is 0.497. The highest BCUT2D eigenvalue weighted by Crippen LogP contribution is 2.09. The normalized spacial score (nSPS) is 17.2. The number of anilines is 1. The summed E-state index contributed by atoms with van der Waals surface area (Å²) in [5.41, 5.74) is 0. The van der Waals surface area contributed by atoms with E-state index in [4.69, 9.17) is 16.0 Å². The smallest absolute Gasteiger partial charge is 0.315 e. The standard InChI is InChI=1S/C10H17ClN4OS/c11-2-1-9-13-14-10(16-9)12-3-4-15-5-7-17-8-6-15/h1-8H2,(H,12,14). The zero-order valence-corrected chi connectivity index (χ0v) is 11.3. The van der Waals surface area contributed by atoms with Gasteiger partial charge >= 0.3 is 6.01 Å². The Morgan fingerprint density at radius 2 is 2.18 bits per heavy atom. The van der Waals surface area contributed by atoms with E-state index in [-0.39, 0.29) is 0 Å². The summed E-state index contributed by atoms with van der Waals surface area (Å²) in [5, 5.41) is 10.9. The van der Waals surface area contributed by atoms with Gasteiger partial charge in [-0.15, -0.1) is 16.7 Å². The second-order valence-corrected chi connectivity index (χ2v) is 5.42. The fraction of sp³-hybridized carbons (Fsp3) is 0.800. The fourth-order valence-electron chi connectivity index (χ4n) is 1.65. The van der Waals surface area contributed by atoms with Crippen LogP contribution >= 0.6 is 23.4 Å². The van der Waals surface area contributed by atoms with Gasteiger partial charge in [-0.3, -0.25) is 4.90 Å². The van der Waals surface area contributed by atoms with Crippen LogP contribution < -0.4 is 5.32 Å². The van der Waals surface area contributed by atoms with Gasteiger partial charge in [-0.25, -0.2) is 0 Å². The zero-order valence-electron chi connectivity index (χ0n) is 9.69. The molecule has 96 valence electrons. The molecule has 2 rings (SSSR count). The molecular weight excluding hydrogens is 260 g/mol. The van der Waals surface area contributed by atoms with Crippen molar-refractivity contribution >= 4 is 29.4 Å². The van der Waals surface area contributed by atoms with Crippen molar-refractivity contribution in [2.45, 2.75) is 6.42 Å². The molecule has 1 aromatic heterocycles. The van der Waals surface area contributed by atoms with Crippen molar-refractivity contribution in [2.24, 2.45) is 0 Å². The van der Waals surface area contributed by atoms with Gasteiger partial charge in [-0.2, -0.15) is 11.8 Å². The Kier molecular flexibility index (Phi) is 5.41. The lowest BCUT2D eigenvalue weighted by Crippen LogP contribution is -2.36. The van der Waals surface area contributed by atoms with Gasteiger partial charge in [-0.1, -0.05) is 5.10 Å². The monoisotopic (exact) mass is 276 g/mol. The van der Waals surface area contributed by atoms with Crippen LogP contribution in [0.25, 0.3) is 0 Å². The van der Waals surface area contributed by atoms with Crippen LogP contribution in [0, 0.1) is 0 Å². The number of halogens is 1. The first kappa shape index (κ1) is 13.0. The molecule has 1 N–H and O–H groups in total. The molecular formula is C10H17ClN4OS. The summed E-state index contributed by atoms with van der Waals surface area (Å²) in [6.07, 6.45) is 0.625. The summed E-state index contributed by atoms with van der Waals surface area (Å²) in [4.78, 5) is 2.44. The van der Waals surface area contributed by atoms with Crippen LogP contribution in [0.2, 0.25) is 0 Å². The van der Waals surface area contributed by atoms with Crippen molar-refractivity contribution in [3.63, 3.8) is 0 Å². The number of rotatable bonds is 6. The summed E-state index contributed by atoms with van der Waals surface area (Å²) < 4.78 is 5.37. The predicted molar refractivity (Wildman–Crippen MR) is 71.0 cm³/mol. The molecule has 1 aliphatic rings. The summed E-state index contributed by atoms with van der Waals surface area (Å²) in [5.74, 6) is 3.57. The van der Waals surface area contributed by atoms with E-state index in [9.17, 15) is 0 Å². The van der Waals surface area contributed by atoms with Crippen molar-refractivity contribution in [1.29, 1.82) is 0 Å². The molecule has 0 atom stereocenters. The van der Waals surface area contributed by atoms with E-state index in [2.05, 4.69) is 20.4 Å². The number of hydrogen-bond acceptors (Lipinski definition) is 6. The molecule has 1 fully saturated rings. The minimum absolute atomic E-state index is 0.497. The zero-order chi connectivity index (χ0) is 11.9. The topological polar surface area (TPSA) is 54.2 Å². The molecule has 0 aliphatic carbocycles. The minimum Gasteiger partial charge on any atom is -0.408 e. The van der Waals surface area contributed by atoms with Gasteiger partial charge in [0.25, 0.3) is 0 Å². The third kappa shape index (κ3) is 4.37. The van der Waals surface area contributed by atoms with E-state index in [1.54, 1.807) is 0 Å². The molecule has 7 heteroatoms. The molecule has 0 radical (unpaired) electrons. The van der Waals surface area contributed by atoms with Gasteiger partial charge in [0.05, 0.1) is 0 Å². The lowest BCUT2D eigenvalue weighted by Gasteiger charge is -2.25. The molecule has 1 aromatic rings. The lowest BCUT2D eigenvalue weighted by molar-refractivity contribution is 0.313. The van der Waals surface area contributed by atoms with Crippen molar-refractivity contribution in [2.75, 3.05) is 48.9 Å². The Labute approximate surface area is 110 Å². The third-order valence-electron chi connectivity index (χ3n) is 2.58. The second-order valence-electron chi connectivity index (χ2n) is 3.82. The number of nitrogens with one attached hydrogen (secondary N) is 1. The quantitative estimate of drug-likeness (QED) is 0.791. The molecule has 0 amide bonds. The summed E-state index contributed by atoms with van der Waals surface area (Å²) in [6.45, 7) is 4.21.